The van der Waals surface area contributed by atoms with Gasteiger partial charge in [0.25, 0.3) is 0 Å². The summed E-state index contributed by atoms with van der Waals surface area (Å²) in [4.78, 5) is 12.9. The van der Waals surface area contributed by atoms with E-state index in [9.17, 15) is 4.79 Å². The summed E-state index contributed by atoms with van der Waals surface area (Å²) in [5, 5.41) is 0. The summed E-state index contributed by atoms with van der Waals surface area (Å²) in [6.45, 7) is 5.39. The smallest absolute Gasteiger partial charge is 0.192 e. The van der Waals surface area contributed by atoms with Gasteiger partial charge in [0.2, 0.25) is 0 Å². The largest absolute Gasteiger partial charge is 0.494 e. The van der Waals surface area contributed by atoms with E-state index in [2.05, 4.69) is 6.92 Å². The van der Waals surface area contributed by atoms with Gasteiger partial charge in [0.05, 0.1) is 18.8 Å². The van der Waals surface area contributed by atoms with Crippen molar-refractivity contribution in [1.82, 2.24) is 0 Å². The molecule has 0 saturated carbocycles. The zero-order valence-electron chi connectivity index (χ0n) is 14.9. The first kappa shape index (κ1) is 17.3. The van der Waals surface area contributed by atoms with Crippen LogP contribution in [-0.4, -0.2) is 19.0 Å². The molecule has 0 amide bonds. The molecule has 2 aromatic rings. The van der Waals surface area contributed by atoms with E-state index in [1.165, 1.54) is 0 Å². The van der Waals surface area contributed by atoms with Gasteiger partial charge in [-0.2, -0.15) is 0 Å². The average Bonchev–Trinajstić information content (AvgIpc) is 2.77. The Morgan fingerprint density at radius 3 is 2.72 bits per heavy atom. The fourth-order valence-electron chi connectivity index (χ4n) is 2.84. The van der Waals surface area contributed by atoms with Gasteiger partial charge in [0, 0.05) is 12.0 Å². The van der Waals surface area contributed by atoms with Crippen LogP contribution in [0.15, 0.2) is 48.0 Å². The van der Waals surface area contributed by atoms with Gasteiger partial charge < -0.3 is 9.47 Å². The molecule has 3 nitrogen and oxygen atoms in total. The number of benzene rings is 2. The molecule has 2 aromatic carbocycles. The van der Waals surface area contributed by atoms with Crippen LogP contribution in [0.5, 0.6) is 11.5 Å². The third-order valence-electron chi connectivity index (χ3n) is 4.29. The number of Topliss-reactive ketones (excluding diaryl/α,β-unsaturated/α-hetero) is 1. The lowest BCUT2D eigenvalue weighted by molar-refractivity contribution is 0.103. The van der Waals surface area contributed by atoms with Crippen LogP contribution < -0.4 is 9.47 Å². The van der Waals surface area contributed by atoms with Crippen molar-refractivity contribution >= 4 is 11.9 Å². The molecule has 0 N–H and O–H groups in total. The number of fused-ring (bicyclic) bond motifs is 1. The van der Waals surface area contributed by atoms with E-state index >= 15 is 0 Å². The maximum Gasteiger partial charge on any atom is 0.192 e. The molecule has 0 spiro atoms. The first-order valence-corrected chi connectivity index (χ1v) is 8.89. The van der Waals surface area contributed by atoms with Crippen molar-refractivity contribution in [3.63, 3.8) is 0 Å². The minimum atomic E-state index is 0.0551. The summed E-state index contributed by atoms with van der Waals surface area (Å²) in [6.07, 6.45) is 4.74. The van der Waals surface area contributed by atoms with Gasteiger partial charge in [-0.15, -0.1) is 0 Å². The van der Waals surface area contributed by atoms with Crippen molar-refractivity contribution < 1.29 is 14.3 Å². The Balaban J connectivity index is 1.79. The average molecular weight is 336 g/mol. The van der Waals surface area contributed by atoms with Gasteiger partial charge >= 0.3 is 0 Å². The zero-order valence-corrected chi connectivity index (χ0v) is 14.9. The molecular weight excluding hydrogens is 312 g/mol. The number of carbonyl (C=O) groups excluding carboxylic acids is 1. The van der Waals surface area contributed by atoms with Crippen LogP contribution in [-0.2, 0) is 0 Å². The molecule has 130 valence electrons. The molecule has 0 aromatic heterocycles. The Morgan fingerprint density at radius 1 is 1.16 bits per heavy atom. The Hall–Kier alpha value is -2.55. The number of rotatable bonds is 5. The second-order valence-corrected chi connectivity index (χ2v) is 6.37. The van der Waals surface area contributed by atoms with Crippen molar-refractivity contribution in [3.05, 3.63) is 64.7 Å². The summed E-state index contributed by atoms with van der Waals surface area (Å²) in [5.41, 5.74) is 3.50. The second-order valence-electron chi connectivity index (χ2n) is 6.37. The van der Waals surface area contributed by atoms with Gasteiger partial charge in [0.1, 0.15) is 11.5 Å². The lowest BCUT2D eigenvalue weighted by Crippen LogP contribution is -2.02. The highest BCUT2D eigenvalue weighted by molar-refractivity contribution is 6.13. The SMILES string of the molecule is CCCCOc1ccc(C=C2CCOc3ccc(C)cc3C2=O)cc1. The van der Waals surface area contributed by atoms with E-state index in [1.54, 1.807) is 0 Å². The van der Waals surface area contributed by atoms with E-state index < -0.39 is 0 Å². The summed E-state index contributed by atoms with van der Waals surface area (Å²) < 4.78 is 11.4. The quantitative estimate of drug-likeness (QED) is 0.554. The lowest BCUT2D eigenvalue weighted by Gasteiger charge is -2.07. The van der Waals surface area contributed by atoms with E-state index in [0.29, 0.717) is 24.3 Å². The summed E-state index contributed by atoms with van der Waals surface area (Å²) in [7, 11) is 0. The third kappa shape index (κ3) is 4.30. The van der Waals surface area contributed by atoms with Gasteiger partial charge in [0.15, 0.2) is 5.78 Å². The molecular formula is C22H24O3. The number of ether oxygens (including phenoxy) is 2. The standard InChI is InChI=1S/C22H24O3/c1-3-4-12-24-19-8-6-17(7-9-19)15-18-11-13-25-21-10-5-16(2)14-20(21)22(18)23/h5-10,14-15H,3-4,11-13H2,1-2H3. The second kappa shape index (κ2) is 8.02. The van der Waals surface area contributed by atoms with Crippen LogP contribution in [0, 0.1) is 6.92 Å². The van der Waals surface area contributed by atoms with Crippen LogP contribution in [0.25, 0.3) is 6.08 Å². The molecule has 0 atom stereocenters. The molecule has 0 unspecified atom stereocenters. The molecule has 0 fully saturated rings. The third-order valence-corrected chi connectivity index (χ3v) is 4.29. The number of aryl methyl sites for hydroxylation is 1. The number of hydrogen-bond acceptors (Lipinski definition) is 3. The molecule has 0 aliphatic carbocycles. The van der Waals surface area contributed by atoms with Crippen LogP contribution in [0.1, 0.15) is 47.7 Å². The molecule has 25 heavy (non-hydrogen) atoms. The highest BCUT2D eigenvalue weighted by Gasteiger charge is 2.21. The molecule has 3 heteroatoms. The molecule has 0 radical (unpaired) electrons. The molecule has 0 bridgehead atoms. The van der Waals surface area contributed by atoms with Crippen molar-refractivity contribution in [2.45, 2.75) is 33.1 Å². The number of ketones is 1. The molecule has 3 rings (SSSR count). The van der Waals surface area contributed by atoms with Crippen molar-refractivity contribution in [2.24, 2.45) is 0 Å². The van der Waals surface area contributed by atoms with E-state index in [-0.39, 0.29) is 5.78 Å². The topological polar surface area (TPSA) is 35.5 Å². The maximum atomic E-state index is 12.9. The van der Waals surface area contributed by atoms with Crippen LogP contribution >= 0.6 is 0 Å². The predicted octanol–water partition coefficient (Wildman–Crippen LogP) is 5.22. The van der Waals surface area contributed by atoms with Crippen LogP contribution in [0.4, 0.5) is 0 Å². The van der Waals surface area contributed by atoms with Gasteiger partial charge in [-0.1, -0.05) is 37.1 Å². The normalized spacial score (nSPS) is 15.4. The molecule has 0 saturated heterocycles. The number of unbranched alkanes of at least 4 members (excludes halogenated alkanes) is 1. The monoisotopic (exact) mass is 336 g/mol. The Morgan fingerprint density at radius 2 is 1.96 bits per heavy atom. The van der Waals surface area contributed by atoms with Gasteiger partial charge in [-0.05, 0) is 49.2 Å². The Labute approximate surface area is 149 Å². The fourth-order valence-corrected chi connectivity index (χ4v) is 2.84. The van der Waals surface area contributed by atoms with Gasteiger partial charge in [-0.25, -0.2) is 0 Å². The molecule has 1 aliphatic heterocycles. The minimum absolute atomic E-state index is 0.0551. The Kier molecular flexibility index (Phi) is 5.54. The van der Waals surface area contributed by atoms with E-state index in [4.69, 9.17) is 9.47 Å². The van der Waals surface area contributed by atoms with Crippen molar-refractivity contribution in [2.75, 3.05) is 13.2 Å². The van der Waals surface area contributed by atoms with E-state index in [1.807, 2.05) is 55.5 Å². The van der Waals surface area contributed by atoms with Crippen molar-refractivity contribution in [3.8, 4) is 11.5 Å². The van der Waals surface area contributed by atoms with E-state index in [0.717, 1.165) is 41.9 Å². The predicted molar refractivity (Wildman–Crippen MR) is 100 cm³/mol. The van der Waals surface area contributed by atoms with Crippen LogP contribution in [0.3, 0.4) is 0 Å². The minimum Gasteiger partial charge on any atom is -0.494 e. The van der Waals surface area contributed by atoms with Gasteiger partial charge in [-0.3, -0.25) is 4.79 Å². The number of carbonyl (C=O) groups is 1. The fraction of sp³-hybridized carbons (Fsp3) is 0.318. The summed E-state index contributed by atoms with van der Waals surface area (Å²) in [6, 6.07) is 13.7. The number of hydrogen-bond donors (Lipinski definition) is 0. The lowest BCUT2D eigenvalue weighted by atomic mass is 9.98. The highest BCUT2D eigenvalue weighted by Crippen LogP contribution is 2.28. The molecule has 1 aliphatic rings. The highest BCUT2D eigenvalue weighted by atomic mass is 16.5. The maximum absolute atomic E-state index is 12.9. The van der Waals surface area contributed by atoms with Crippen molar-refractivity contribution in [1.29, 1.82) is 0 Å². The van der Waals surface area contributed by atoms with Crippen LogP contribution in [0.2, 0.25) is 0 Å². The first-order valence-electron chi connectivity index (χ1n) is 8.89. The summed E-state index contributed by atoms with van der Waals surface area (Å²) in [5.74, 6) is 1.60. The Bertz CT molecular complexity index is 772. The summed E-state index contributed by atoms with van der Waals surface area (Å²) >= 11 is 0. The molecule has 1 heterocycles. The zero-order chi connectivity index (χ0) is 17.6. The first-order chi connectivity index (χ1) is 12.2.